The second-order valence-electron chi connectivity index (χ2n) is 5.17. The van der Waals surface area contributed by atoms with Crippen LogP contribution in [0, 0.1) is 5.82 Å². The number of hydrogen-bond donors (Lipinski definition) is 1. The molecule has 0 saturated carbocycles. The summed E-state index contributed by atoms with van der Waals surface area (Å²) in [5.41, 5.74) is 0. The van der Waals surface area contributed by atoms with Gasteiger partial charge < -0.3 is 4.74 Å². The molecule has 2 rings (SSSR count). The zero-order chi connectivity index (χ0) is 17.7. The third-order valence-corrected chi connectivity index (χ3v) is 5.49. The van der Waals surface area contributed by atoms with Crippen molar-refractivity contribution in [3.63, 3.8) is 0 Å². The van der Waals surface area contributed by atoms with E-state index in [2.05, 4.69) is 4.74 Å². The molecule has 2 amide bonds. The number of sulfonamides is 1. The van der Waals surface area contributed by atoms with Gasteiger partial charge in [0.1, 0.15) is 5.82 Å². The van der Waals surface area contributed by atoms with Crippen molar-refractivity contribution >= 4 is 22.0 Å². The van der Waals surface area contributed by atoms with Crippen molar-refractivity contribution in [3.8, 4) is 0 Å². The summed E-state index contributed by atoms with van der Waals surface area (Å²) >= 11 is 0. The van der Waals surface area contributed by atoms with Crippen molar-refractivity contribution in [1.82, 2.24) is 14.5 Å². The van der Waals surface area contributed by atoms with Crippen molar-refractivity contribution < 1.29 is 27.1 Å². The van der Waals surface area contributed by atoms with E-state index in [9.17, 15) is 22.4 Å². The first-order valence-electron chi connectivity index (χ1n) is 7.19. The van der Waals surface area contributed by atoms with Gasteiger partial charge >= 0.3 is 6.09 Å². The zero-order valence-corrected chi connectivity index (χ0v) is 13.9. The summed E-state index contributed by atoms with van der Waals surface area (Å²) in [4.78, 5) is 24.3. The number of nitrogens with zero attached hydrogens (tertiary/aromatic N) is 2. The Morgan fingerprint density at radius 3 is 2.29 bits per heavy atom. The molecule has 132 valence electrons. The van der Waals surface area contributed by atoms with E-state index in [-0.39, 0.29) is 24.5 Å². The minimum Gasteiger partial charge on any atom is -0.453 e. The highest BCUT2D eigenvalue weighted by Crippen LogP contribution is 2.17. The van der Waals surface area contributed by atoms with E-state index in [1.54, 1.807) is 4.90 Å². The highest BCUT2D eigenvalue weighted by molar-refractivity contribution is 7.89. The van der Waals surface area contributed by atoms with Crippen LogP contribution < -0.4 is 5.32 Å². The zero-order valence-electron chi connectivity index (χ0n) is 13.1. The van der Waals surface area contributed by atoms with E-state index < -0.39 is 27.8 Å². The summed E-state index contributed by atoms with van der Waals surface area (Å²) in [7, 11) is -2.53. The number of imide groups is 1. The first-order chi connectivity index (χ1) is 11.3. The molecule has 0 spiro atoms. The van der Waals surface area contributed by atoms with Crippen LogP contribution in [0.5, 0.6) is 0 Å². The molecule has 0 radical (unpaired) electrons. The van der Waals surface area contributed by atoms with E-state index in [4.69, 9.17) is 0 Å². The Kier molecular flexibility index (Phi) is 5.86. The molecule has 1 N–H and O–H groups in total. The standard InChI is InChI=1S/C14H18FN3O5S/c1-23-14(20)16-13(19)10-17-6-8-18(9-7-17)24(21,22)12-4-2-11(15)3-5-12/h2-5H,6-10H2,1H3,(H,16,19,20). The fraction of sp³-hybridized carbons (Fsp3) is 0.429. The van der Waals surface area contributed by atoms with Crippen LogP contribution in [0.25, 0.3) is 0 Å². The number of alkyl carbamates (subject to hydrolysis) is 1. The Morgan fingerprint density at radius 2 is 1.75 bits per heavy atom. The fourth-order valence-corrected chi connectivity index (χ4v) is 3.71. The number of carbonyl (C=O) groups is 2. The highest BCUT2D eigenvalue weighted by atomic mass is 32.2. The first kappa shape index (κ1) is 18.3. The molecule has 1 heterocycles. The minimum atomic E-state index is -3.69. The Hall–Kier alpha value is -2.04. The highest BCUT2D eigenvalue weighted by Gasteiger charge is 2.29. The molecule has 1 aromatic carbocycles. The van der Waals surface area contributed by atoms with Gasteiger partial charge in [0.25, 0.3) is 0 Å². The molecule has 0 aliphatic carbocycles. The number of hydrogen-bond acceptors (Lipinski definition) is 6. The Balaban J connectivity index is 1.91. The summed E-state index contributed by atoms with van der Waals surface area (Å²) in [6.45, 7) is 1.06. The molecule has 8 nitrogen and oxygen atoms in total. The molecule has 0 bridgehead atoms. The summed E-state index contributed by atoms with van der Waals surface area (Å²) in [5, 5.41) is 2.04. The van der Waals surface area contributed by atoms with Crippen molar-refractivity contribution in [2.75, 3.05) is 39.8 Å². The van der Waals surface area contributed by atoms with Gasteiger partial charge in [0.2, 0.25) is 15.9 Å². The molecule has 0 unspecified atom stereocenters. The lowest BCUT2D eigenvalue weighted by Crippen LogP contribution is -2.51. The Labute approximate surface area is 139 Å². The van der Waals surface area contributed by atoms with E-state index in [0.29, 0.717) is 13.1 Å². The van der Waals surface area contributed by atoms with Gasteiger partial charge in [-0.25, -0.2) is 17.6 Å². The Morgan fingerprint density at radius 1 is 1.17 bits per heavy atom. The van der Waals surface area contributed by atoms with Gasteiger partial charge in [-0.3, -0.25) is 15.0 Å². The van der Waals surface area contributed by atoms with Crippen molar-refractivity contribution in [2.45, 2.75) is 4.90 Å². The number of benzene rings is 1. The summed E-state index contributed by atoms with van der Waals surface area (Å²) in [5.74, 6) is -1.02. The fourth-order valence-electron chi connectivity index (χ4n) is 2.29. The summed E-state index contributed by atoms with van der Waals surface area (Å²) in [6.07, 6.45) is -0.836. The smallest absolute Gasteiger partial charge is 0.413 e. The molecular formula is C14H18FN3O5S. The summed E-state index contributed by atoms with van der Waals surface area (Å²) < 4.78 is 43.4. The van der Waals surface area contributed by atoms with E-state index in [0.717, 1.165) is 19.2 Å². The largest absolute Gasteiger partial charge is 0.453 e. The third-order valence-electron chi connectivity index (χ3n) is 3.58. The number of ether oxygens (including phenoxy) is 1. The monoisotopic (exact) mass is 359 g/mol. The normalized spacial score (nSPS) is 16.6. The average molecular weight is 359 g/mol. The topological polar surface area (TPSA) is 96.0 Å². The maximum Gasteiger partial charge on any atom is 0.413 e. The lowest BCUT2D eigenvalue weighted by Gasteiger charge is -2.33. The number of carbonyl (C=O) groups excluding carboxylic acids is 2. The molecule has 0 atom stereocenters. The van der Waals surface area contributed by atoms with Gasteiger partial charge in [0, 0.05) is 26.2 Å². The third kappa shape index (κ3) is 4.49. The van der Waals surface area contributed by atoms with Crippen LogP contribution in [0.15, 0.2) is 29.2 Å². The molecule has 1 aromatic rings. The van der Waals surface area contributed by atoms with Crippen LogP contribution in [0.4, 0.5) is 9.18 Å². The van der Waals surface area contributed by atoms with Gasteiger partial charge in [-0.1, -0.05) is 0 Å². The van der Waals surface area contributed by atoms with E-state index in [1.807, 2.05) is 5.32 Å². The maximum atomic E-state index is 12.9. The molecule has 1 aliphatic rings. The number of amides is 2. The van der Waals surface area contributed by atoms with Gasteiger partial charge in [0.15, 0.2) is 0 Å². The van der Waals surface area contributed by atoms with Crippen LogP contribution in [0.1, 0.15) is 0 Å². The lowest BCUT2D eigenvalue weighted by atomic mass is 10.3. The molecule has 24 heavy (non-hydrogen) atoms. The predicted molar refractivity (Wildman–Crippen MR) is 82.1 cm³/mol. The molecule has 0 aromatic heterocycles. The van der Waals surface area contributed by atoms with Crippen LogP contribution in [0.3, 0.4) is 0 Å². The summed E-state index contributed by atoms with van der Waals surface area (Å²) in [6, 6.07) is 4.64. The van der Waals surface area contributed by atoms with Crippen LogP contribution in [-0.4, -0.2) is 69.5 Å². The van der Waals surface area contributed by atoms with Gasteiger partial charge in [-0.15, -0.1) is 0 Å². The number of rotatable bonds is 4. The molecule has 1 aliphatic heterocycles. The molecule has 1 fully saturated rings. The molecule has 1 saturated heterocycles. The van der Waals surface area contributed by atoms with Crippen LogP contribution in [-0.2, 0) is 19.6 Å². The number of halogens is 1. The van der Waals surface area contributed by atoms with Crippen LogP contribution in [0.2, 0.25) is 0 Å². The number of nitrogens with one attached hydrogen (secondary N) is 1. The average Bonchev–Trinajstić information content (AvgIpc) is 2.55. The second-order valence-corrected chi connectivity index (χ2v) is 7.11. The maximum absolute atomic E-state index is 12.9. The van der Waals surface area contributed by atoms with E-state index in [1.165, 1.54) is 16.4 Å². The van der Waals surface area contributed by atoms with Crippen molar-refractivity contribution in [3.05, 3.63) is 30.1 Å². The second kappa shape index (κ2) is 7.69. The van der Waals surface area contributed by atoms with Crippen molar-refractivity contribution in [1.29, 1.82) is 0 Å². The van der Waals surface area contributed by atoms with Gasteiger partial charge in [-0.2, -0.15) is 4.31 Å². The van der Waals surface area contributed by atoms with Crippen molar-refractivity contribution in [2.24, 2.45) is 0 Å². The SMILES string of the molecule is COC(=O)NC(=O)CN1CCN(S(=O)(=O)c2ccc(F)cc2)CC1. The Bertz CT molecular complexity index is 700. The predicted octanol–water partition coefficient (Wildman–Crippen LogP) is 0.0146. The molecule has 10 heteroatoms. The van der Waals surface area contributed by atoms with Gasteiger partial charge in [0.05, 0.1) is 18.6 Å². The minimum absolute atomic E-state index is 0.0282. The number of piperazine rings is 1. The van der Waals surface area contributed by atoms with Crippen LogP contribution >= 0.6 is 0 Å². The first-order valence-corrected chi connectivity index (χ1v) is 8.63. The van der Waals surface area contributed by atoms with Gasteiger partial charge in [-0.05, 0) is 24.3 Å². The number of methoxy groups -OCH3 is 1. The quantitative estimate of drug-likeness (QED) is 0.814. The molecular weight excluding hydrogens is 341 g/mol. The van der Waals surface area contributed by atoms with E-state index >= 15 is 0 Å². The lowest BCUT2D eigenvalue weighted by molar-refractivity contribution is -0.121.